The molecule has 0 saturated heterocycles. The molecule has 0 bridgehead atoms. The first-order valence-electron chi connectivity index (χ1n) is 5.27. The maximum absolute atomic E-state index is 12.1. The molecule has 1 aromatic heterocycles. The van der Waals surface area contributed by atoms with E-state index in [1.54, 1.807) is 4.68 Å². The predicted octanol–water partition coefficient (Wildman–Crippen LogP) is 3.81. The summed E-state index contributed by atoms with van der Waals surface area (Å²) in [5.41, 5.74) is 1.68. The van der Waals surface area contributed by atoms with Crippen LogP contribution in [0.5, 0.6) is 0 Å². The molecule has 0 aliphatic heterocycles. The van der Waals surface area contributed by atoms with Gasteiger partial charge in [0.15, 0.2) is 0 Å². The Hall–Kier alpha value is -0.810. The van der Waals surface area contributed by atoms with Gasteiger partial charge in [-0.1, -0.05) is 29.8 Å². The number of aromatic nitrogens is 2. The summed E-state index contributed by atoms with van der Waals surface area (Å²) in [6.07, 6.45) is 0. The highest BCUT2D eigenvalue weighted by Gasteiger charge is 2.14. The molecule has 5 heteroatoms. The maximum Gasteiger partial charge on any atom is 0.285 e. The smallest absolute Gasteiger partial charge is 0.285 e. The van der Waals surface area contributed by atoms with Crippen molar-refractivity contribution in [3.05, 3.63) is 49.3 Å². The minimum atomic E-state index is -0.0592. The number of hydrogen-bond donors (Lipinski definition) is 1. The molecule has 0 spiro atoms. The number of H-pyrrole nitrogens is 1. The van der Waals surface area contributed by atoms with Crippen LogP contribution in [0.3, 0.4) is 0 Å². The van der Waals surface area contributed by atoms with Crippen LogP contribution in [-0.4, -0.2) is 9.78 Å². The molecule has 2 rings (SSSR count). The summed E-state index contributed by atoms with van der Waals surface area (Å²) in [6.45, 7) is 4.09. The highest BCUT2D eigenvalue weighted by atomic mass is 79.9. The van der Waals surface area contributed by atoms with Gasteiger partial charge >= 0.3 is 0 Å². The molecule has 0 amide bonds. The molecule has 1 heterocycles. The Morgan fingerprint density at radius 3 is 2.24 bits per heavy atom. The van der Waals surface area contributed by atoms with E-state index in [4.69, 9.17) is 0 Å². The van der Waals surface area contributed by atoms with E-state index in [9.17, 15) is 4.79 Å². The van der Waals surface area contributed by atoms with Gasteiger partial charge in [0.05, 0.1) is 11.4 Å². The van der Waals surface area contributed by atoms with Gasteiger partial charge < -0.3 is 0 Å². The first kappa shape index (κ1) is 12.6. The molecular weight excluding hydrogens is 348 g/mol. The number of halogens is 2. The third-order valence-electron chi connectivity index (χ3n) is 2.52. The molecule has 0 atom stereocenters. The van der Waals surface area contributed by atoms with Crippen molar-refractivity contribution in [1.82, 2.24) is 9.78 Å². The van der Waals surface area contributed by atoms with Crippen LogP contribution in [0.4, 0.5) is 0 Å². The highest BCUT2D eigenvalue weighted by Crippen LogP contribution is 2.21. The van der Waals surface area contributed by atoms with Crippen LogP contribution in [0.15, 0.2) is 38.0 Å². The number of nitrogens with zero attached hydrogens (tertiary/aromatic N) is 1. The Bertz CT molecular complexity index is 582. The van der Waals surface area contributed by atoms with Crippen molar-refractivity contribution >= 4 is 31.9 Å². The van der Waals surface area contributed by atoms with Gasteiger partial charge in [-0.15, -0.1) is 0 Å². The molecule has 0 radical (unpaired) electrons. The molecule has 0 unspecified atom stereocenters. The Balaban J connectivity index is 2.57. The lowest BCUT2D eigenvalue weighted by Crippen LogP contribution is -2.14. The first-order chi connectivity index (χ1) is 8.00. The zero-order chi connectivity index (χ0) is 12.6. The number of benzene rings is 1. The van der Waals surface area contributed by atoms with Crippen molar-refractivity contribution in [3.8, 4) is 5.69 Å². The summed E-state index contributed by atoms with van der Waals surface area (Å²) in [7, 11) is 0. The topological polar surface area (TPSA) is 37.8 Å². The summed E-state index contributed by atoms with van der Waals surface area (Å²) in [5.74, 6) is 0.272. The van der Waals surface area contributed by atoms with E-state index in [1.165, 1.54) is 0 Å². The third kappa shape index (κ3) is 2.40. The van der Waals surface area contributed by atoms with Crippen LogP contribution in [0.25, 0.3) is 5.69 Å². The quantitative estimate of drug-likeness (QED) is 0.869. The predicted molar refractivity (Wildman–Crippen MR) is 75.9 cm³/mol. The van der Waals surface area contributed by atoms with Crippen molar-refractivity contribution < 1.29 is 0 Å². The minimum absolute atomic E-state index is 0.0592. The van der Waals surface area contributed by atoms with Crippen molar-refractivity contribution in [2.24, 2.45) is 0 Å². The van der Waals surface area contributed by atoms with Crippen molar-refractivity contribution in [1.29, 1.82) is 0 Å². The molecule has 90 valence electrons. The van der Waals surface area contributed by atoms with Crippen LogP contribution in [-0.2, 0) is 0 Å². The number of hydrogen-bond acceptors (Lipinski definition) is 1. The lowest BCUT2D eigenvalue weighted by Gasteiger charge is -2.03. The summed E-state index contributed by atoms with van der Waals surface area (Å²) in [4.78, 5) is 12.1. The second-order valence-electron chi connectivity index (χ2n) is 4.11. The van der Waals surface area contributed by atoms with Crippen LogP contribution in [0.1, 0.15) is 25.5 Å². The summed E-state index contributed by atoms with van der Waals surface area (Å²) in [6, 6.07) is 7.59. The average molecular weight is 360 g/mol. The molecule has 1 aromatic carbocycles. The van der Waals surface area contributed by atoms with E-state index in [-0.39, 0.29) is 11.5 Å². The maximum atomic E-state index is 12.1. The van der Waals surface area contributed by atoms with E-state index >= 15 is 0 Å². The first-order valence-corrected chi connectivity index (χ1v) is 6.85. The van der Waals surface area contributed by atoms with E-state index in [0.29, 0.717) is 4.47 Å². The highest BCUT2D eigenvalue weighted by molar-refractivity contribution is 9.10. The minimum Gasteiger partial charge on any atom is -0.294 e. The van der Waals surface area contributed by atoms with Crippen LogP contribution < -0.4 is 5.56 Å². The van der Waals surface area contributed by atoms with E-state index in [0.717, 1.165) is 15.9 Å². The van der Waals surface area contributed by atoms with Gasteiger partial charge in [-0.2, -0.15) is 0 Å². The SMILES string of the molecule is CC(C)c1[nH]n(-c2ccc(Br)cc2)c(=O)c1Br. The second kappa shape index (κ2) is 4.82. The summed E-state index contributed by atoms with van der Waals surface area (Å²) < 4.78 is 3.14. The van der Waals surface area contributed by atoms with Gasteiger partial charge in [0, 0.05) is 4.47 Å². The van der Waals surface area contributed by atoms with Gasteiger partial charge in [0.1, 0.15) is 4.47 Å². The number of aromatic amines is 1. The molecular formula is C12H12Br2N2O. The zero-order valence-electron chi connectivity index (χ0n) is 9.50. The van der Waals surface area contributed by atoms with E-state index in [2.05, 4.69) is 37.0 Å². The van der Waals surface area contributed by atoms with Crippen LogP contribution >= 0.6 is 31.9 Å². The Labute approximate surface area is 116 Å². The lowest BCUT2D eigenvalue weighted by atomic mass is 10.1. The monoisotopic (exact) mass is 358 g/mol. The number of rotatable bonds is 2. The second-order valence-corrected chi connectivity index (χ2v) is 5.82. The van der Waals surface area contributed by atoms with Gasteiger partial charge in [0.2, 0.25) is 0 Å². The van der Waals surface area contributed by atoms with E-state index in [1.807, 2.05) is 38.1 Å². The molecule has 2 aromatic rings. The molecule has 1 N–H and O–H groups in total. The summed E-state index contributed by atoms with van der Waals surface area (Å²) >= 11 is 6.71. The molecule has 3 nitrogen and oxygen atoms in total. The van der Waals surface area contributed by atoms with Crippen LogP contribution in [0, 0.1) is 0 Å². The van der Waals surface area contributed by atoms with Gasteiger partial charge in [-0.3, -0.25) is 9.89 Å². The molecule has 0 saturated carbocycles. The van der Waals surface area contributed by atoms with Crippen molar-refractivity contribution in [3.63, 3.8) is 0 Å². The molecule has 0 fully saturated rings. The fourth-order valence-electron chi connectivity index (χ4n) is 1.59. The van der Waals surface area contributed by atoms with Crippen LogP contribution in [0.2, 0.25) is 0 Å². The largest absolute Gasteiger partial charge is 0.294 e. The van der Waals surface area contributed by atoms with Gasteiger partial charge in [0.25, 0.3) is 5.56 Å². The molecule has 0 aliphatic rings. The Kier molecular flexibility index (Phi) is 3.58. The lowest BCUT2D eigenvalue weighted by molar-refractivity contribution is 0.759. The van der Waals surface area contributed by atoms with Crippen molar-refractivity contribution in [2.75, 3.05) is 0 Å². The van der Waals surface area contributed by atoms with Gasteiger partial charge in [-0.25, -0.2) is 4.68 Å². The zero-order valence-corrected chi connectivity index (χ0v) is 12.7. The number of nitrogens with one attached hydrogen (secondary N) is 1. The molecule has 0 aliphatic carbocycles. The standard InChI is InChI=1S/C12H12Br2N2O/c1-7(2)11-10(14)12(17)16(15-11)9-5-3-8(13)4-6-9/h3-7,15H,1-2H3. The molecule has 17 heavy (non-hydrogen) atoms. The third-order valence-corrected chi connectivity index (χ3v) is 3.82. The summed E-state index contributed by atoms with van der Waals surface area (Å²) in [5, 5.41) is 3.13. The Morgan fingerprint density at radius 2 is 1.76 bits per heavy atom. The van der Waals surface area contributed by atoms with Gasteiger partial charge in [-0.05, 0) is 46.1 Å². The van der Waals surface area contributed by atoms with E-state index < -0.39 is 0 Å². The fraction of sp³-hybridized carbons (Fsp3) is 0.250. The Morgan fingerprint density at radius 1 is 1.18 bits per heavy atom. The average Bonchev–Trinajstić information content (AvgIpc) is 2.58. The normalized spacial score (nSPS) is 11.1. The fourth-order valence-corrected chi connectivity index (χ4v) is 2.58. The van der Waals surface area contributed by atoms with Crippen molar-refractivity contribution in [2.45, 2.75) is 19.8 Å².